The molecule has 1 aliphatic carbocycles. The van der Waals surface area contributed by atoms with Gasteiger partial charge in [0.15, 0.2) is 0 Å². The molecule has 0 radical (unpaired) electrons. The highest BCUT2D eigenvalue weighted by Crippen LogP contribution is 2.45. The average Bonchev–Trinajstić information content (AvgIpc) is 2.54. The summed E-state index contributed by atoms with van der Waals surface area (Å²) in [5.74, 6) is 0.670. The quantitative estimate of drug-likeness (QED) is 0.628. The maximum absolute atomic E-state index is 9.50. The Balaban J connectivity index is 1.94. The van der Waals surface area contributed by atoms with Gasteiger partial charge in [0.25, 0.3) is 0 Å². The van der Waals surface area contributed by atoms with E-state index in [0.29, 0.717) is 5.92 Å². The number of hydrogen-bond donors (Lipinski definition) is 0. The van der Waals surface area contributed by atoms with E-state index in [1.54, 1.807) is 0 Å². The molecule has 1 nitrogen and oxygen atoms in total. The normalized spacial score (nSPS) is 25.5. The highest BCUT2D eigenvalue weighted by atomic mass is 14.4. The van der Waals surface area contributed by atoms with Crippen LogP contribution in [-0.2, 0) is 6.42 Å². The van der Waals surface area contributed by atoms with Gasteiger partial charge in [-0.05, 0) is 62.0 Å². The number of rotatable bonds is 6. The van der Waals surface area contributed by atoms with Gasteiger partial charge < -0.3 is 0 Å². The van der Waals surface area contributed by atoms with Crippen LogP contribution in [0.1, 0.15) is 82.3 Å². The highest BCUT2D eigenvalue weighted by Gasteiger charge is 2.34. The summed E-state index contributed by atoms with van der Waals surface area (Å²) in [5, 5.41) is 9.50. The predicted octanol–water partition coefficient (Wildman–Crippen LogP) is 6.00. The molecule has 1 heteroatoms. The van der Waals surface area contributed by atoms with Crippen molar-refractivity contribution in [2.45, 2.75) is 77.6 Å². The smallest absolute Gasteiger partial charge is 0.0689 e. The molecule has 114 valence electrons. The Morgan fingerprint density at radius 1 is 1.10 bits per heavy atom. The van der Waals surface area contributed by atoms with E-state index in [9.17, 15) is 5.26 Å². The molecule has 0 saturated heterocycles. The second-order valence-electron chi connectivity index (χ2n) is 6.76. The molecule has 0 aromatic heterocycles. The molecule has 0 N–H and O–H groups in total. The van der Waals surface area contributed by atoms with Crippen LogP contribution in [0.2, 0.25) is 0 Å². The predicted molar refractivity (Wildman–Crippen MR) is 89.2 cm³/mol. The first-order valence-corrected chi connectivity index (χ1v) is 8.73. The third-order valence-electron chi connectivity index (χ3n) is 5.18. The molecule has 0 unspecified atom stereocenters. The van der Waals surface area contributed by atoms with Gasteiger partial charge in [-0.3, -0.25) is 0 Å². The number of nitrogens with zero attached hydrogens (tertiary/aromatic N) is 1. The van der Waals surface area contributed by atoms with Crippen molar-refractivity contribution < 1.29 is 0 Å². The lowest BCUT2D eigenvalue weighted by Gasteiger charge is -2.35. The average molecular weight is 283 g/mol. The lowest BCUT2D eigenvalue weighted by atomic mass is 9.68. The Hall–Kier alpha value is -1.29. The number of benzene rings is 1. The van der Waals surface area contributed by atoms with Gasteiger partial charge in [-0.2, -0.15) is 5.26 Å². The van der Waals surface area contributed by atoms with Crippen molar-refractivity contribution in [2.75, 3.05) is 0 Å². The maximum Gasteiger partial charge on any atom is 0.0689 e. The third-order valence-corrected chi connectivity index (χ3v) is 5.18. The molecule has 1 saturated carbocycles. The summed E-state index contributed by atoms with van der Waals surface area (Å²) in [5.41, 5.74) is 2.93. The second kappa shape index (κ2) is 7.64. The molecule has 1 aliphatic rings. The number of hydrogen-bond acceptors (Lipinski definition) is 1. The molecule has 1 aromatic carbocycles. The number of aryl methyl sites for hydroxylation is 1. The number of nitriles is 1. The standard InChI is InChI=1S/C20H29N/c1-3-5-6-17-7-9-18(10-8-17)19-11-14-20(16-21,13-4-2)15-12-19/h7-10,19H,3-6,11-15H2,1-2H3/t19-,20-. The van der Waals surface area contributed by atoms with E-state index < -0.39 is 0 Å². The first-order chi connectivity index (χ1) is 10.2. The molecular weight excluding hydrogens is 254 g/mol. The minimum absolute atomic E-state index is 0.0215. The Labute approximate surface area is 130 Å². The van der Waals surface area contributed by atoms with Crippen LogP contribution in [0.15, 0.2) is 24.3 Å². The molecule has 0 amide bonds. The molecule has 0 bridgehead atoms. The van der Waals surface area contributed by atoms with Crippen molar-refractivity contribution in [3.05, 3.63) is 35.4 Å². The van der Waals surface area contributed by atoms with Gasteiger partial charge in [-0.25, -0.2) is 0 Å². The Morgan fingerprint density at radius 3 is 2.29 bits per heavy atom. The van der Waals surface area contributed by atoms with Crippen molar-refractivity contribution in [3.8, 4) is 6.07 Å². The molecule has 0 spiro atoms. The minimum atomic E-state index is -0.0215. The zero-order valence-corrected chi connectivity index (χ0v) is 13.7. The largest absolute Gasteiger partial charge is 0.198 e. The molecule has 21 heavy (non-hydrogen) atoms. The summed E-state index contributed by atoms with van der Waals surface area (Å²) in [7, 11) is 0. The summed E-state index contributed by atoms with van der Waals surface area (Å²) >= 11 is 0. The molecule has 1 fully saturated rings. The van der Waals surface area contributed by atoms with Crippen LogP contribution in [0, 0.1) is 16.7 Å². The van der Waals surface area contributed by atoms with Gasteiger partial charge in [0.05, 0.1) is 11.5 Å². The first-order valence-electron chi connectivity index (χ1n) is 8.73. The van der Waals surface area contributed by atoms with E-state index in [-0.39, 0.29) is 5.41 Å². The maximum atomic E-state index is 9.50. The van der Waals surface area contributed by atoms with Gasteiger partial charge >= 0.3 is 0 Å². The fourth-order valence-electron chi connectivity index (χ4n) is 3.74. The Bertz CT molecular complexity index is 458. The summed E-state index contributed by atoms with van der Waals surface area (Å²) in [6, 6.07) is 11.9. The monoisotopic (exact) mass is 283 g/mol. The minimum Gasteiger partial charge on any atom is -0.198 e. The van der Waals surface area contributed by atoms with E-state index in [2.05, 4.69) is 44.2 Å². The zero-order chi connectivity index (χ0) is 15.1. The highest BCUT2D eigenvalue weighted by molar-refractivity contribution is 5.26. The van der Waals surface area contributed by atoms with Crippen molar-refractivity contribution in [1.29, 1.82) is 5.26 Å². The Morgan fingerprint density at radius 2 is 1.76 bits per heavy atom. The van der Waals surface area contributed by atoms with Crippen LogP contribution in [-0.4, -0.2) is 0 Å². The van der Waals surface area contributed by atoms with Crippen LogP contribution >= 0.6 is 0 Å². The van der Waals surface area contributed by atoms with Gasteiger partial charge in [0.1, 0.15) is 0 Å². The van der Waals surface area contributed by atoms with Crippen molar-refractivity contribution in [3.63, 3.8) is 0 Å². The molecule has 2 rings (SSSR count). The number of unbranched alkanes of at least 4 members (excludes halogenated alkanes) is 1. The van der Waals surface area contributed by atoms with Crippen LogP contribution in [0.5, 0.6) is 0 Å². The van der Waals surface area contributed by atoms with E-state index >= 15 is 0 Å². The first kappa shape index (κ1) is 16.1. The fraction of sp³-hybridized carbons (Fsp3) is 0.650. The second-order valence-corrected chi connectivity index (χ2v) is 6.76. The zero-order valence-electron chi connectivity index (χ0n) is 13.7. The molecule has 0 atom stereocenters. The van der Waals surface area contributed by atoms with Crippen molar-refractivity contribution >= 4 is 0 Å². The van der Waals surface area contributed by atoms with Crippen molar-refractivity contribution in [2.24, 2.45) is 5.41 Å². The van der Waals surface area contributed by atoms with E-state index in [4.69, 9.17) is 0 Å². The third kappa shape index (κ3) is 4.10. The fourth-order valence-corrected chi connectivity index (χ4v) is 3.74. The van der Waals surface area contributed by atoms with E-state index in [0.717, 1.165) is 25.7 Å². The molecular formula is C20H29N. The van der Waals surface area contributed by atoms with E-state index in [1.165, 1.54) is 43.2 Å². The Kier molecular flexibility index (Phi) is 5.85. The lowest BCUT2D eigenvalue weighted by Crippen LogP contribution is -2.25. The van der Waals surface area contributed by atoms with Gasteiger partial charge in [0, 0.05) is 0 Å². The molecule has 0 aliphatic heterocycles. The van der Waals surface area contributed by atoms with Gasteiger partial charge in [-0.1, -0.05) is 51.0 Å². The lowest BCUT2D eigenvalue weighted by molar-refractivity contribution is 0.228. The summed E-state index contributed by atoms with van der Waals surface area (Å²) in [4.78, 5) is 0. The van der Waals surface area contributed by atoms with Crippen LogP contribution in [0.4, 0.5) is 0 Å². The summed E-state index contributed by atoms with van der Waals surface area (Å²) < 4.78 is 0. The van der Waals surface area contributed by atoms with Crippen LogP contribution in [0.25, 0.3) is 0 Å². The summed E-state index contributed by atoms with van der Waals surface area (Å²) in [6.45, 7) is 4.44. The van der Waals surface area contributed by atoms with Gasteiger partial charge in [0.2, 0.25) is 0 Å². The van der Waals surface area contributed by atoms with Crippen LogP contribution < -0.4 is 0 Å². The topological polar surface area (TPSA) is 23.8 Å². The van der Waals surface area contributed by atoms with Gasteiger partial charge in [-0.15, -0.1) is 0 Å². The SMILES string of the molecule is CCCCc1ccc([C@H]2CC[C@@](C#N)(CCC)CC2)cc1. The summed E-state index contributed by atoms with van der Waals surface area (Å²) in [6.07, 6.45) is 10.5. The molecule has 0 heterocycles. The van der Waals surface area contributed by atoms with Crippen molar-refractivity contribution in [1.82, 2.24) is 0 Å². The van der Waals surface area contributed by atoms with Crippen LogP contribution in [0.3, 0.4) is 0 Å². The van der Waals surface area contributed by atoms with E-state index in [1.807, 2.05) is 0 Å². The molecule has 1 aromatic rings.